The van der Waals surface area contributed by atoms with Gasteiger partial charge in [0.25, 0.3) is 0 Å². The number of aromatic carboxylic acids is 1. The zero-order valence-corrected chi connectivity index (χ0v) is 13.4. The van der Waals surface area contributed by atoms with Gasteiger partial charge in [0.15, 0.2) is 0 Å². The maximum Gasteiger partial charge on any atom is 0.345 e. The molecule has 1 N–H and O–H groups in total. The smallest absolute Gasteiger partial charge is 0.345 e. The molecule has 0 spiro atoms. The molecule has 2 rings (SSSR count). The zero-order chi connectivity index (χ0) is 14.9. The van der Waals surface area contributed by atoms with E-state index < -0.39 is 11.8 Å². The van der Waals surface area contributed by atoms with Crippen LogP contribution in [0.25, 0.3) is 0 Å². The average Bonchev–Trinajstić information content (AvgIpc) is 2.74. The molecule has 0 radical (unpaired) electrons. The molecule has 7 heteroatoms. The fourth-order valence-corrected chi connectivity index (χ4v) is 3.16. The predicted octanol–water partition coefficient (Wildman–Crippen LogP) is 4.89. The molecule has 3 nitrogen and oxygen atoms in total. The maximum atomic E-state index is 13.4. The van der Waals surface area contributed by atoms with Crippen molar-refractivity contribution in [3.8, 4) is 5.75 Å². The lowest BCUT2D eigenvalue weighted by Gasteiger charge is -2.08. The van der Waals surface area contributed by atoms with Crippen LogP contribution >= 0.6 is 38.9 Å². The highest BCUT2D eigenvalue weighted by atomic mass is 79.9. The van der Waals surface area contributed by atoms with Crippen LogP contribution in [0, 0.1) is 12.7 Å². The summed E-state index contributed by atoms with van der Waals surface area (Å²) in [7, 11) is 0. The number of hydrogen-bond donors (Lipinski definition) is 1. The van der Waals surface area contributed by atoms with E-state index in [1.807, 2.05) is 6.92 Å². The minimum Gasteiger partial charge on any atom is -0.488 e. The number of carbonyl (C=O) groups is 1. The Labute approximate surface area is 132 Å². The standard InChI is InChI=1S/C13H9BrClFO3S/c1-6-7(2-12(20-6)13(17)18)5-19-11-4-10(16)9(15)3-8(11)14/h2-4H,5H2,1H3,(H,17,18). The number of hydrogen-bond acceptors (Lipinski definition) is 3. The van der Waals surface area contributed by atoms with Gasteiger partial charge in [-0.2, -0.15) is 0 Å². The predicted molar refractivity (Wildman–Crippen MR) is 79.5 cm³/mol. The summed E-state index contributed by atoms with van der Waals surface area (Å²) in [5.41, 5.74) is 0.759. The van der Waals surface area contributed by atoms with Crippen LogP contribution < -0.4 is 4.74 Å². The molecule has 106 valence electrons. The van der Waals surface area contributed by atoms with E-state index in [0.29, 0.717) is 10.2 Å². The van der Waals surface area contributed by atoms with Gasteiger partial charge in [-0.05, 0) is 35.0 Å². The molecule has 1 aromatic carbocycles. The fraction of sp³-hybridized carbons (Fsp3) is 0.154. The Morgan fingerprint density at radius 1 is 1.50 bits per heavy atom. The third kappa shape index (κ3) is 3.31. The highest BCUT2D eigenvalue weighted by molar-refractivity contribution is 9.10. The first-order chi connectivity index (χ1) is 9.38. The molecule has 0 aliphatic rings. The average molecular weight is 380 g/mol. The van der Waals surface area contributed by atoms with Gasteiger partial charge < -0.3 is 9.84 Å². The normalized spacial score (nSPS) is 10.6. The van der Waals surface area contributed by atoms with Crippen molar-refractivity contribution >= 4 is 44.8 Å². The molecule has 0 aliphatic heterocycles. The van der Waals surface area contributed by atoms with Crippen LogP contribution in [0.3, 0.4) is 0 Å². The third-order valence-corrected chi connectivity index (χ3v) is 4.58. The van der Waals surface area contributed by atoms with Gasteiger partial charge in [-0.25, -0.2) is 9.18 Å². The summed E-state index contributed by atoms with van der Waals surface area (Å²) in [4.78, 5) is 12.0. The van der Waals surface area contributed by atoms with E-state index in [2.05, 4.69) is 15.9 Å². The zero-order valence-electron chi connectivity index (χ0n) is 10.2. The van der Waals surface area contributed by atoms with Crippen LogP contribution in [0.1, 0.15) is 20.1 Å². The van der Waals surface area contributed by atoms with Gasteiger partial charge in [-0.15, -0.1) is 11.3 Å². The molecular weight excluding hydrogens is 371 g/mol. The van der Waals surface area contributed by atoms with Crippen molar-refractivity contribution in [2.24, 2.45) is 0 Å². The molecule has 0 bridgehead atoms. The van der Waals surface area contributed by atoms with Crippen LogP contribution in [0.2, 0.25) is 5.02 Å². The van der Waals surface area contributed by atoms with E-state index in [1.165, 1.54) is 23.5 Å². The second-order valence-corrected chi connectivity index (χ2v) is 6.50. The summed E-state index contributed by atoms with van der Waals surface area (Å²) in [5, 5.41) is 8.92. The van der Waals surface area contributed by atoms with E-state index in [-0.39, 0.29) is 16.5 Å². The van der Waals surface area contributed by atoms with Crippen molar-refractivity contribution in [3.63, 3.8) is 0 Å². The van der Waals surface area contributed by atoms with Gasteiger partial charge in [-0.3, -0.25) is 0 Å². The summed E-state index contributed by atoms with van der Waals surface area (Å²) in [6.07, 6.45) is 0. The van der Waals surface area contributed by atoms with E-state index in [1.54, 1.807) is 6.07 Å². The SMILES string of the molecule is Cc1sc(C(=O)O)cc1COc1cc(F)c(Cl)cc1Br. The maximum absolute atomic E-state index is 13.4. The van der Waals surface area contributed by atoms with Crippen LogP contribution in [0.5, 0.6) is 5.75 Å². The number of benzene rings is 1. The van der Waals surface area contributed by atoms with E-state index in [4.69, 9.17) is 21.4 Å². The summed E-state index contributed by atoms with van der Waals surface area (Å²) >= 11 is 10.1. The van der Waals surface area contributed by atoms with Gasteiger partial charge in [0.2, 0.25) is 0 Å². The first kappa shape index (κ1) is 15.3. The molecule has 2 aromatic rings. The Kier molecular flexibility index (Phi) is 4.67. The van der Waals surface area contributed by atoms with Gasteiger partial charge in [0.05, 0.1) is 9.50 Å². The second kappa shape index (κ2) is 6.11. The minimum atomic E-state index is -0.969. The number of halogens is 3. The van der Waals surface area contributed by atoms with Crippen molar-refractivity contribution in [3.05, 3.63) is 48.8 Å². The lowest BCUT2D eigenvalue weighted by atomic mass is 10.2. The van der Waals surface area contributed by atoms with E-state index >= 15 is 0 Å². The monoisotopic (exact) mass is 378 g/mol. The Bertz CT molecular complexity index is 672. The number of carboxylic acids is 1. The van der Waals surface area contributed by atoms with Gasteiger partial charge >= 0.3 is 5.97 Å². The second-order valence-electron chi connectivity index (χ2n) is 3.98. The van der Waals surface area contributed by atoms with Gasteiger partial charge in [-0.1, -0.05) is 11.6 Å². The van der Waals surface area contributed by atoms with Crippen molar-refractivity contribution < 1.29 is 19.0 Å². The van der Waals surface area contributed by atoms with Crippen molar-refractivity contribution in [2.45, 2.75) is 13.5 Å². The molecule has 1 heterocycles. The molecule has 0 amide bonds. The van der Waals surface area contributed by atoms with Gasteiger partial charge in [0, 0.05) is 16.5 Å². The number of thiophene rings is 1. The summed E-state index contributed by atoms with van der Waals surface area (Å²) in [6, 6.07) is 4.16. The Balaban J connectivity index is 2.17. The van der Waals surface area contributed by atoms with Crippen LogP contribution in [-0.4, -0.2) is 11.1 Å². The minimum absolute atomic E-state index is 0.00380. The molecule has 1 aromatic heterocycles. The highest BCUT2D eigenvalue weighted by Gasteiger charge is 2.13. The molecule has 0 saturated heterocycles. The Morgan fingerprint density at radius 2 is 2.20 bits per heavy atom. The number of carboxylic acid groups (broad SMARTS) is 1. The lowest BCUT2D eigenvalue weighted by Crippen LogP contribution is -1.97. The molecule has 0 unspecified atom stereocenters. The van der Waals surface area contributed by atoms with Crippen molar-refractivity contribution in [2.75, 3.05) is 0 Å². The molecule has 0 saturated carbocycles. The first-order valence-corrected chi connectivity index (χ1v) is 7.47. The quantitative estimate of drug-likeness (QED) is 0.769. The summed E-state index contributed by atoms with van der Waals surface area (Å²) in [5.74, 6) is -1.23. The Morgan fingerprint density at radius 3 is 2.80 bits per heavy atom. The van der Waals surface area contributed by atoms with Crippen LogP contribution in [0.4, 0.5) is 4.39 Å². The number of rotatable bonds is 4. The van der Waals surface area contributed by atoms with E-state index in [9.17, 15) is 9.18 Å². The van der Waals surface area contributed by atoms with Gasteiger partial charge in [0.1, 0.15) is 23.1 Å². The molecule has 0 atom stereocenters. The first-order valence-electron chi connectivity index (χ1n) is 5.48. The number of aryl methyl sites for hydroxylation is 1. The largest absolute Gasteiger partial charge is 0.488 e. The topological polar surface area (TPSA) is 46.5 Å². The Hall–Kier alpha value is -1.11. The number of ether oxygens (including phenoxy) is 1. The third-order valence-electron chi connectivity index (χ3n) is 2.59. The molecule has 20 heavy (non-hydrogen) atoms. The van der Waals surface area contributed by atoms with Crippen LogP contribution in [-0.2, 0) is 6.61 Å². The lowest BCUT2D eigenvalue weighted by molar-refractivity contribution is 0.0702. The van der Waals surface area contributed by atoms with Crippen molar-refractivity contribution in [1.82, 2.24) is 0 Å². The molecular formula is C13H9BrClFO3S. The molecule has 0 fully saturated rings. The fourth-order valence-electron chi connectivity index (χ4n) is 1.54. The summed E-state index contributed by atoms with van der Waals surface area (Å²) < 4.78 is 19.4. The molecule has 0 aliphatic carbocycles. The van der Waals surface area contributed by atoms with Crippen molar-refractivity contribution in [1.29, 1.82) is 0 Å². The van der Waals surface area contributed by atoms with Crippen LogP contribution in [0.15, 0.2) is 22.7 Å². The van der Waals surface area contributed by atoms with E-state index in [0.717, 1.165) is 10.4 Å². The highest BCUT2D eigenvalue weighted by Crippen LogP contribution is 2.32. The summed E-state index contributed by atoms with van der Waals surface area (Å²) in [6.45, 7) is 1.97.